The summed E-state index contributed by atoms with van der Waals surface area (Å²) in [5.41, 5.74) is 0.270. The third kappa shape index (κ3) is 6.30. The highest BCUT2D eigenvalue weighted by Gasteiger charge is 2.48. The van der Waals surface area contributed by atoms with Gasteiger partial charge in [0.05, 0.1) is 24.8 Å². The molecule has 1 fully saturated rings. The quantitative estimate of drug-likeness (QED) is 0.122. The van der Waals surface area contributed by atoms with Crippen LogP contribution in [-0.2, 0) is 14.0 Å². The second-order valence-corrected chi connectivity index (χ2v) is 11.1. The van der Waals surface area contributed by atoms with Gasteiger partial charge < -0.3 is 39.9 Å². The van der Waals surface area contributed by atoms with Crippen molar-refractivity contribution < 1.29 is 39.1 Å². The maximum Gasteiger partial charge on any atom is 0.359 e. The van der Waals surface area contributed by atoms with Crippen LogP contribution in [0.3, 0.4) is 0 Å². The average Bonchev–Trinajstić information content (AvgIpc) is 3.34. The highest BCUT2D eigenvalue weighted by molar-refractivity contribution is 7.53. The van der Waals surface area contributed by atoms with Gasteiger partial charge in [-0.25, -0.2) is 4.68 Å². The highest BCUT2D eigenvalue weighted by atomic mass is 35.5. The van der Waals surface area contributed by atoms with Crippen LogP contribution in [0, 0.1) is 0 Å². The van der Waals surface area contributed by atoms with Crippen molar-refractivity contribution in [3.8, 4) is 0 Å². The van der Waals surface area contributed by atoms with Gasteiger partial charge in [-0.05, 0) is 24.9 Å². The van der Waals surface area contributed by atoms with Gasteiger partial charge in [-0.15, -0.1) is 0 Å². The Kier molecular flexibility index (Phi) is 9.46. The molecule has 2 aromatic heterocycles. The topological polar surface area (TPSA) is 192 Å². The van der Waals surface area contributed by atoms with E-state index in [1.54, 1.807) is 0 Å². The number of fused-ring (bicyclic) bond motifs is 1. The molecule has 0 unspecified atom stereocenters. The van der Waals surface area contributed by atoms with Crippen molar-refractivity contribution in [1.82, 2.24) is 19.7 Å². The summed E-state index contributed by atoms with van der Waals surface area (Å²) in [7, 11) is -4.83. The monoisotopic (exact) mass is 537 g/mol. The van der Waals surface area contributed by atoms with Crippen LogP contribution in [0.2, 0.25) is 5.28 Å². The summed E-state index contributed by atoms with van der Waals surface area (Å²) >= 11 is 6.12. The molecule has 1 aliphatic heterocycles. The number of halogens is 1. The second kappa shape index (κ2) is 11.8. The van der Waals surface area contributed by atoms with E-state index in [2.05, 4.69) is 27.3 Å². The number of hydrogen-bond donors (Lipinski definition) is 6. The van der Waals surface area contributed by atoms with Crippen LogP contribution in [0.15, 0.2) is 6.20 Å². The van der Waals surface area contributed by atoms with Gasteiger partial charge in [-0.3, -0.25) is 4.57 Å². The number of ether oxygens (including phenoxy) is 2. The molecule has 1 aliphatic rings. The summed E-state index contributed by atoms with van der Waals surface area (Å²) in [5.74, 6) is 0.481. The third-order valence-electron chi connectivity index (χ3n) is 6.05. The first-order chi connectivity index (χ1) is 16.5. The zero-order chi connectivity index (χ0) is 25.8. The molecule has 3 heterocycles. The maximum atomic E-state index is 11.6. The first kappa shape index (κ1) is 28.2. The van der Waals surface area contributed by atoms with E-state index >= 15 is 0 Å². The van der Waals surface area contributed by atoms with E-state index in [0.29, 0.717) is 17.7 Å². The molecule has 0 saturated carbocycles. The smallest absolute Gasteiger partial charge is 0.359 e. The number of hydrogen-bond acceptors (Lipinski definition) is 10. The predicted octanol–water partition coefficient (Wildman–Crippen LogP) is 1.38. The lowest BCUT2D eigenvalue weighted by molar-refractivity contribution is -0.104. The van der Waals surface area contributed by atoms with Crippen LogP contribution in [0.5, 0.6) is 0 Å². The van der Waals surface area contributed by atoms with Crippen molar-refractivity contribution in [1.29, 1.82) is 0 Å². The molecule has 0 aromatic carbocycles. The van der Waals surface area contributed by atoms with Crippen LogP contribution < -0.4 is 5.32 Å². The largest absolute Gasteiger partial charge is 0.393 e. The number of aliphatic hydroxyl groups is 3. The van der Waals surface area contributed by atoms with E-state index in [1.807, 2.05) is 0 Å². The van der Waals surface area contributed by atoms with Crippen LogP contribution in [-0.4, -0.2) is 88.3 Å². The van der Waals surface area contributed by atoms with E-state index in [4.69, 9.17) is 21.1 Å². The number of nitrogens with zero attached hydrogens (tertiary/aromatic N) is 4. The second-order valence-electron chi connectivity index (χ2n) is 8.74. The van der Waals surface area contributed by atoms with E-state index < -0.39 is 50.7 Å². The fourth-order valence-corrected chi connectivity index (χ4v) is 4.30. The van der Waals surface area contributed by atoms with Gasteiger partial charge in [0, 0.05) is 6.54 Å². The molecular formula is C20H33ClN5O8P. The molecule has 2 aromatic rings. The molecule has 0 bridgehead atoms. The van der Waals surface area contributed by atoms with Crippen LogP contribution in [0.1, 0.15) is 52.2 Å². The number of nitrogens with one attached hydrogen (secondary N) is 1. The minimum Gasteiger partial charge on any atom is -0.393 e. The molecule has 0 amide bonds. The molecule has 35 heavy (non-hydrogen) atoms. The van der Waals surface area contributed by atoms with E-state index in [1.165, 1.54) is 17.3 Å². The molecule has 0 aliphatic carbocycles. The molecule has 198 valence electrons. The Morgan fingerprint density at radius 2 is 1.94 bits per heavy atom. The van der Waals surface area contributed by atoms with Gasteiger partial charge in [0.25, 0.3) is 0 Å². The zero-order valence-corrected chi connectivity index (χ0v) is 21.3. The summed E-state index contributed by atoms with van der Waals surface area (Å²) in [6.45, 7) is 2.42. The van der Waals surface area contributed by atoms with Gasteiger partial charge in [0.2, 0.25) is 5.28 Å². The van der Waals surface area contributed by atoms with Gasteiger partial charge in [0.1, 0.15) is 24.1 Å². The van der Waals surface area contributed by atoms with Gasteiger partial charge in [-0.1, -0.05) is 32.6 Å². The summed E-state index contributed by atoms with van der Waals surface area (Å²) in [6, 6.07) is 0. The van der Waals surface area contributed by atoms with Crippen molar-refractivity contribution >= 4 is 36.0 Å². The van der Waals surface area contributed by atoms with Crippen LogP contribution in [0.25, 0.3) is 11.0 Å². The lowest BCUT2D eigenvalue weighted by atomic mass is 10.1. The highest BCUT2D eigenvalue weighted by Crippen LogP contribution is 2.51. The van der Waals surface area contributed by atoms with Crippen molar-refractivity contribution in [3.05, 3.63) is 11.5 Å². The molecule has 6 N–H and O–H groups in total. The Hall–Kier alpha value is -1.41. The fourth-order valence-electron chi connectivity index (χ4n) is 3.71. The molecular weight excluding hydrogens is 505 g/mol. The summed E-state index contributed by atoms with van der Waals surface area (Å²) < 4.78 is 23.9. The normalized spacial score (nSPS) is 24.7. The van der Waals surface area contributed by atoms with Crippen molar-refractivity contribution in [3.63, 3.8) is 0 Å². The SMILES string of the molecule is CCCCCCCNc1nc(Cl)nc2c1cnn2[C@@H]1O[C@H](CO[C@](C)(CO)P(=O)(O)O)[C@@H](O)[C@H]1O. The maximum absolute atomic E-state index is 11.6. The lowest BCUT2D eigenvalue weighted by Gasteiger charge is -2.29. The minimum absolute atomic E-state index is 0.0407. The van der Waals surface area contributed by atoms with Crippen LogP contribution in [0.4, 0.5) is 5.82 Å². The van der Waals surface area contributed by atoms with E-state index in [9.17, 15) is 29.7 Å². The average molecular weight is 538 g/mol. The Balaban J connectivity index is 1.74. The molecule has 0 radical (unpaired) electrons. The summed E-state index contributed by atoms with van der Waals surface area (Å²) in [4.78, 5) is 27.3. The standard InChI is InChI=1S/C20H33ClN5O8P/c1-3-4-5-6-7-8-22-16-12-9-23-26(17(12)25-19(21)24-16)18-15(29)14(28)13(34-18)10-33-20(2,11-27)35(30,31)32/h9,13-15,18,27-29H,3-8,10-11H2,1-2H3,(H,22,24,25)(H2,30,31,32)/t13-,14-,15-,18-,20+/m1/s1. The Labute approximate surface area is 207 Å². The fraction of sp³-hybridized carbons (Fsp3) is 0.750. The van der Waals surface area contributed by atoms with Crippen molar-refractivity contribution in [2.75, 3.05) is 25.1 Å². The van der Waals surface area contributed by atoms with Gasteiger partial charge in [-0.2, -0.15) is 15.1 Å². The Morgan fingerprint density at radius 3 is 2.60 bits per heavy atom. The number of aliphatic hydroxyl groups excluding tert-OH is 3. The molecule has 5 atom stereocenters. The first-order valence-electron chi connectivity index (χ1n) is 11.5. The van der Waals surface area contributed by atoms with Crippen molar-refractivity contribution in [2.24, 2.45) is 0 Å². The van der Waals surface area contributed by atoms with Gasteiger partial charge >= 0.3 is 7.60 Å². The molecule has 15 heteroatoms. The summed E-state index contributed by atoms with van der Waals surface area (Å²) in [6.07, 6.45) is 1.79. The molecule has 3 rings (SSSR count). The lowest BCUT2D eigenvalue weighted by Crippen LogP contribution is -2.39. The minimum atomic E-state index is -4.83. The predicted molar refractivity (Wildman–Crippen MR) is 127 cm³/mol. The number of anilines is 1. The number of aromatic nitrogens is 4. The number of rotatable bonds is 13. The first-order valence-corrected chi connectivity index (χ1v) is 13.5. The number of unbranched alkanes of at least 4 members (excludes halogenated alkanes) is 4. The molecule has 0 spiro atoms. The van der Waals surface area contributed by atoms with E-state index in [-0.39, 0.29) is 10.9 Å². The Bertz CT molecular complexity index is 1040. The Morgan fingerprint density at radius 1 is 1.23 bits per heavy atom. The van der Waals surface area contributed by atoms with E-state index in [0.717, 1.165) is 32.6 Å². The molecule has 13 nitrogen and oxygen atoms in total. The third-order valence-corrected chi connectivity index (χ3v) is 7.72. The summed E-state index contributed by atoms with van der Waals surface area (Å²) in [5, 5.41) is 36.2. The van der Waals surface area contributed by atoms with Gasteiger partial charge in [0.15, 0.2) is 17.2 Å². The zero-order valence-electron chi connectivity index (χ0n) is 19.6. The molecule has 1 saturated heterocycles. The van der Waals surface area contributed by atoms with Crippen molar-refractivity contribution in [2.45, 2.75) is 75.8 Å². The van der Waals surface area contributed by atoms with Crippen LogP contribution >= 0.6 is 19.2 Å².